The molecular formula is C36H46ClN3O5. The number of hydrogen-bond donors (Lipinski definition) is 3. The van der Waals surface area contributed by atoms with Crippen molar-refractivity contribution in [2.24, 2.45) is 0 Å². The molecular weight excluding hydrogens is 590 g/mol. The number of amides is 3. The van der Waals surface area contributed by atoms with Crippen molar-refractivity contribution in [3.8, 4) is 5.75 Å². The Kier molecular flexibility index (Phi) is 13.3. The highest BCUT2D eigenvalue weighted by Crippen LogP contribution is 2.33. The van der Waals surface area contributed by atoms with E-state index in [1.54, 1.807) is 51.1 Å². The quantitative estimate of drug-likeness (QED) is 0.156. The van der Waals surface area contributed by atoms with Crippen molar-refractivity contribution in [1.82, 2.24) is 10.2 Å². The third-order valence-corrected chi connectivity index (χ3v) is 7.63. The number of carbonyl (C=O) groups is 3. The van der Waals surface area contributed by atoms with Crippen LogP contribution >= 0.6 is 11.6 Å². The second-order valence-electron chi connectivity index (χ2n) is 12.2. The van der Waals surface area contributed by atoms with Crippen LogP contribution in [0.3, 0.4) is 0 Å². The van der Waals surface area contributed by atoms with Gasteiger partial charge in [0.2, 0.25) is 5.91 Å². The van der Waals surface area contributed by atoms with Crippen LogP contribution in [0.1, 0.15) is 82.5 Å². The van der Waals surface area contributed by atoms with Crippen LogP contribution in [0.25, 0.3) is 0 Å². The molecule has 0 aliphatic heterocycles. The number of phenols is 1. The second kappa shape index (κ2) is 16.9. The fraction of sp³-hybridized carbons (Fsp3) is 0.417. The molecule has 2 unspecified atom stereocenters. The molecule has 0 spiro atoms. The van der Waals surface area contributed by atoms with E-state index in [0.717, 1.165) is 36.8 Å². The highest BCUT2D eigenvalue weighted by molar-refractivity contribution is 6.34. The van der Waals surface area contributed by atoms with Gasteiger partial charge in [-0.25, -0.2) is 4.79 Å². The molecule has 3 aromatic rings. The van der Waals surface area contributed by atoms with Crippen LogP contribution in [0.4, 0.5) is 10.5 Å². The molecule has 242 valence electrons. The number of ether oxygens (including phenoxy) is 1. The van der Waals surface area contributed by atoms with Gasteiger partial charge in [-0.15, -0.1) is 0 Å². The molecule has 45 heavy (non-hydrogen) atoms. The van der Waals surface area contributed by atoms with E-state index in [-0.39, 0.29) is 24.3 Å². The summed E-state index contributed by atoms with van der Waals surface area (Å²) in [5.74, 6) is -1.14. The Balaban J connectivity index is 2.09. The summed E-state index contributed by atoms with van der Waals surface area (Å²) in [6.07, 6.45) is 3.99. The zero-order chi connectivity index (χ0) is 33.0. The summed E-state index contributed by atoms with van der Waals surface area (Å²) in [6.45, 7) is 9.42. The molecule has 0 bridgehead atoms. The summed E-state index contributed by atoms with van der Waals surface area (Å²) in [6, 6.07) is 18.8. The van der Waals surface area contributed by atoms with E-state index in [1.165, 1.54) is 11.0 Å². The van der Waals surface area contributed by atoms with E-state index < -0.39 is 35.6 Å². The van der Waals surface area contributed by atoms with Crippen molar-refractivity contribution < 1.29 is 24.2 Å². The maximum atomic E-state index is 14.7. The van der Waals surface area contributed by atoms with Crippen LogP contribution in [0.2, 0.25) is 5.02 Å². The number of benzene rings is 3. The van der Waals surface area contributed by atoms with Crippen LogP contribution in [0.15, 0.2) is 72.8 Å². The van der Waals surface area contributed by atoms with Gasteiger partial charge in [0, 0.05) is 18.5 Å². The number of aromatic hydroxyl groups is 1. The van der Waals surface area contributed by atoms with E-state index in [0.29, 0.717) is 17.1 Å². The van der Waals surface area contributed by atoms with Gasteiger partial charge in [0.1, 0.15) is 23.4 Å². The number of hydrogen-bond acceptors (Lipinski definition) is 5. The minimum absolute atomic E-state index is 0.128. The van der Waals surface area contributed by atoms with Crippen LogP contribution in [-0.2, 0) is 20.7 Å². The van der Waals surface area contributed by atoms with E-state index in [2.05, 4.69) is 17.6 Å². The molecule has 0 aliphatic carbocycles. The normalized spacial score (nSPS) is 12.6. The van der Waals surface area contributed by atoms with Gasteiger partial charge in [0.05, 0.1) is 10.7 Å². The van der Waals surface area contributed by atoms with Gasteiger partial charge in [0.15, 0.2) is 0 Å². The number of carbonyl (C=O) groups excluding carboxylic acids is 3. The lowest BCUT2D eigenvalue weighted by atomic mass is 9.98. The largest absolute Gasteiger partial charge is 0.508 e. The Morgan fingerprint density at radius 2 is 1.58 bits per heavy atom. The molecule has 0 saturated carbocycles. The summed E-state index contributed by atoms with van der Waals surface area (Å²) in [7, 11) is 0. The molecule has 9 heteroatoms. The van der Waals surface area contributed by atoms with Crippen LogP contribution in [0.5, 0.6) is 5.75 Å². The first-order valence-corrected chi connectivity index (χ1v) is 16.0. The molecule has 3 aromatic carbocycles. The fourth-order valence-electron chi connectivity index (χ4n) is 5.10. The number of para-hydroxylation sites is 2. The number of alkyl carbamates (subject to hydrolysis) is 1. The number of nitrogens with zero attached hydrogens (tertiary/aromatic N) is 1. The first-order valence-electron chi connectivity index (χ1n) is 15.6. The first kappa shape index (κ1) is 35.4. The molecule has 0 aromatic heterocycles. The number of phenolic OH excluding ortho intramolecular Hbond substituents is 1. The maximum absolute atomic E-state index is 14.7. The molecule has 3 rings (SSSR count). The van der Waals surface area contributed by atoms with Gasteiger partial charge in [-0.05, 0) is 57.4 Å². The average Bonchev–Trinajstić information content (AvgIpc) is 2.98. The van der Waals surface area contributed by atoms with E-state index >= 15 is 0 Å². The van der Waals surface area contributed by atoms with Crippen LogP contribution in [0, 0.1) is 6.92 Å². The number of halogens is 1. The monoisotopic (exact) mass is 635 g/mol. The van der Waals surface area contributed by atoms with Crippen molar-refractivity contribution in [3.05, 3.63) is 94.5 Å². The molecule has 8 nitrogen and oxygen atoms in total. The third-order valence-electron chi connectivity index (χ3n) is 7.32. The summed E-state index contributed by atoms with van der Waals surface area (Å²) < 4.78 is 5.52. The second-order valence-corrected chi connectivity index (χ2v) is 12.6. The number of anilines is 1. The lowest BCUT2D eigenvalue weighted by molar-refractivity contribution is -0.141. The smallest absolute Gasteiger partial charge is 0.408 e. The zero-order valence-electron chi connectivity index (χ0n) is 26.9. The summed E-state index contributed by atoms with van der Waals surface area (Å²) in [4.78, 5) is 43.4. The average molecular weight is 636 g/mol. The van der Waals surface area contributed by atoms with Crippen molar-refractivity contribution in [1.29, 1.82) is 0 Å². The predicted octanol–water partition coefficient (Wildman–Crippen LogP) is 7.97. The Morgan fingerprint density at radius 1 is 0.911 bits per heavy atom. The number of nitrogens with one attached hydrogen (secondary N) is 2. The molecule has 0 heterocycles. The van der Waals surface area contributed by atoms with E-state index in [1.807, 2.05) is 43.3 Å². The fourth-order valence-corrected chi connectivity index (χ4v) is 5.37. The van der Waals surface area contributed by atoms with Gasteiger partial charge in [0.25, 0.3) is 5.91 Å². The van der Waals surface area contributed by atoms with Crippen LogP contribution < -0.4 is 10.6 Å². The van der Waals surface area contributed by atoms with E-state index in [4.69, 9.17) is 16.3 Å². The first-order chi connectivity index (χ1) is 21.4. The number of rotatable bonds is 14. The van der Waals surface area contributed by atoms with Crippen molar-refractivity contribution in [2.45, 2.75) is 90.8 Å². The lowest BCUT2D eigenvalue weighted by Gasteiger charge is -2.35. The van der Waals surface area contributed by atoms with Crippen LogP contribution in [-0.4, -0.2) is 46.1 Å². The van der Waals surface area contributed by atoms with E-state index in [9.17, 15) is 19.5 Å². The predicted molar refractivity (Wildman–Crippen MR) is 179 cm³/mol. The molecule has 0 fully saturated rings. The van der Waals surface area contributed by atoms with Crippen molar-refractivity contribution >= 4 is 35.2 Å². The highest BCUT2D eigenvalue weighted by atomic mass is 35.5. The SMILES string of the molecule is CCCCCCCN(C(=O)C(Cc1ccccc1)NC(=O)OC(C)(C)C)C(C(=O)Nc1c(C)cccc1Cl)c1ccccc1O. The standard InChI is InChI=1S/C36H46ClN3O5/c1-6-7-8-9-15-23-40(34(43)29(24-26-18-11-10-12-19-26)38-35(44)45-36(3,4)5)32(27-20-13-14-22-30(27)41)33(42)39-31-25(2)17-16-21-28(31)37/h10-14,16-22,29,32,41H,6-9,15,23-24H2,1-5H3,(H,38,44)(H,39,42). The Hall–Kier alpha value is -4.04. The molecule has 2 atom stereocenters. The molecule has 0 saturated heterocycles. The number of unbranched alkanes of at least 4 members (excludes halogenated alkanes) is 4. The molecule has 0 aliphatic rings. The summed E-state index contributed by atoms with van der Waals surface area (Å²) in [5, 5.41) is 17.0. The van der Waals surface area contributed by atoms with Gasteiger partial charge in [-0.1, -0.05) is 105 Å². The minimum Gasteiger partial charge on any atom is -0.508 e. The van der Waals surface area contributed by atoms with Gasteiger partial charge >= 0.3 is 6.09 Å². The molecule has 0 radical (unpaired) electrons. The van der Waals surface area contributed by atoms with Crippen molar-refractivity contribution in [2.75, 3.05) is 11.9 Å². The highest BCUT2D eigenvalue weighted by Gasteiger charge is 2.37. The zero-order valence-corrected chi connectivity index (χ0v) is 27.7. The topological polar surface area (TPSA) is 108 Å². The Morgan fingerprint density at radius 3 is 2.22 bits per heavy atom. The van der Waals surface area contributed by atoms with Crippen molar-refractivity contribution in [3.63, 3.8) is 0 Å². The number of aryl methyl sites for hydroxylation is 1. The maximum Gasteiger partial charge on any atom is 0.408 e. The Bertz CT molecular complexity index is 1400. The summed E-state index contributed by atoms with van der Waals surface area (Å²) in [5.41, 5.74) is 1.47. The minimum atomic E-state index is -1.22. The van der Waals surface area contributed by atoms with Gasteiger partial charge in [-0.2, -0.15) is 0 Å². The van der Waals surface area contributed by atoms with Gasteiger partial charge < -0.3 is 25.4 Å². The lowest BCUT2D eigenvalue weighted by Crippen LogP contribution is -2.53. The van der Waals surface area contributed by atoms with Gasteiger partial charge in [-0.3, -0.25) is 9.59 Å². The molecule has 3 amide bonds. The summed E-state index contributed by atoms with van der Waals surface area (Å²) >= 11 is 6.47. The third kappa shape index (κ3) is 10.8. The Labute approximate surface area is 272 Å². The molecule has 3 N–H and O–H groups in total.